The number of rotatable bonds is 6. The zero-order chi connectivity index (χ0) is 17.0. The maximum Gasteiger partial charge on any atom is 0.318 e. The summed E-state index contributed by atoms with van der Waals surface area (Å²) in [6.45, 7) is 1.36. The maximum absolute atomic E-state index is 12.7. The summed E-state index contributed by atoms with van der Waals surface area (Å²) in [4.78, 5) is 22.5. The fourth-order valence-electron chi connectivity index (χ4n) is 2.54. The lowest BCUT2D eigenvalue weighted by Crippen LogP contribution is -2.36. The van der Waals surface area contributed by atoms with E-state index in [1.54, 1.807) is 13.0 Å². The van der Waals surface area contributed by atoms with Crippen molar-refractivity contribution in [3.63, 3.8) is 0 Å². The van der Waals surface area contributed by atoms with E-state index < -0.39 is 22.5 Å². The minimum absolute atomic E-state index is 0.0575. The average molecular weight is 340 g/mol. The molecule has 0 radical (unpaired) electrons. The van der Waals surface area contributed by atoms with Crippen LogP contribution >= 0.6 is 0 Å². The predicted octanol–water partition coefficient (Wildman–Crippen LogP) is 1.45. The first-order valence-corrected chi connectivity index (χ1v) is 8.93. The highest BCUT2D eigenvalue weighted by Gasteiger charge is 2.27. The molecule has 2 rings (SSSR count). The molecule has 1 aliphatic rings. The van der Waals surface area contributed by atoms with Crippen molar-refractivity contribution < 1.29 is 23.1 Å². The Morgan fingerprint density at radius 2 is 2.09 bits per heavy atom. The number of hydrogen-bond acceptors (Lipinski definition) is 4. The smallest absolute Gasteiger partial charge is 0.318 e. The summed E-state index contributed by atoms with van der Waals surface area (Å²) in [6, 6.07) is 4.50. The van der Waals surface area contributed by atoms with Crippen LogP contribution in [0.3, 0.4) is 0 Å². The van der Waals surface area contributed by atoms with Gasteiger partial charge < -0.3 is 10.4 Å². The molecule has 0 spiro atoms. The van der Waals surface area contributed by atoms with Crippen LogP contribution in [0.5, 0.6) is 0 Å². The molecular formula is C15H20N2O5S. The molecule has 1 aromatic carbocycles. The van der Waals surface area contributed by atoms with Crippen LogP contribution in [0.15, 0.2) is 23.1 Å². The van der Waals surface area contributed by atoms with E-state index in [4.69, 9.17) is 5.11 Å². The Morgan fingerprint density at radius 3 is 2.74 bits per heavy atom. The van der Waals surface area contributed by atoms with E-state index in [1.807, 2.05) is 0 Å². The van der Waals surface area contributed by atoms with Crippen molar-refractivity contribution >= 4 is 27.6 Å². The van der Waals surface area contributed by atoms with Crippen molar-refractivity contribution in [1.82, 2.24) is 4.31 Å². The Morgan fingerprint density at radius 1 is 1.35 bits per heavy atom. The molecule has 2 N–H and O–H groups in total. The molecule has 23 heavy (non-hydrogen) atoms. The second-order valence-corrected chi connectivity index (χ2v) is 7.39. The molecule has 1 heterocycles. The lowest BCUT2D eigenvalue weighted by molar-refractivity contribution is -0.137. The molecule has 1 amide bonds. The molecule has 0 aromatic heterocycles. The second-order valence-electron chi connectivity index (χ2n) is 5.45. The minimum atomic E-state index is -3.88. The van der Waals surface area contributed by atoms with Crippen LogP contribution in [0.25, 0.3) is 0 Å². The van der Waals surface area contributed by atoms with E-state index in [9.17, 15) is 18.0 Å². The van der Waals surface area contributed by atoms with E-state index in [1.165, 1.54) is 12.1 Å². The highest BCUT2D eigenvalue weighted by molar-refractivity contribution is 7.89. The lowest BCUT2D eigenvalue weighted by Gasteiger charge is -2.20. The molecule has 7 nitrogen and oxygen atoms in total. The monoisotopic (exact) mass is 340 g/mol. The van der Waals surface area contributed by atoms with Crippen molar-refractivity contribution in [3.05, 3.63) is 23.8 Å². The summed E-state index contributed by atoms with van der Waals surface area (Å²) in [5.41, 5.74) is 1.37. The zero-order valence-electron chi connectivity index (χ0n) is 12.9. The third-order valence-electron chi connectivity index (χ3n) is 3.62. The number of anilines is 1. The number of fused-ring (bicyclic) bond motifs is 1. The Kier molecular flexibility index (Phi) is 5.38. The standard InChI is InChI=1S/C15H20N2O5S/c1-2-8-17(10-15(19)20)23(21,22)12-6-7-13-11(9-12)4-3-5-14(18)16-13/h6-7,9H,2-5,8,10H2,1H3,(H,16,18)(H,19,20). The summed E-state index contributed by atoms with van der Waals surface area (Å²) < 4.78 is 26.3. The second kappa shape index (κ2) is 7.10. The van der Waals surface area contributed by atoms with Crippen LogP contribution in [-0.4, -0.2) is 42.8 Å². The molecule has 0 atom stereocenters. The number of carbonyl (C=O) groups is 2. The van der Waals surface area contributed by atoms with E-state index in [-0.39, 0.29) is 17.3 Å². The van der Waals surface area contributed by atoms with Crippen LogP contribution in [0.1, 0.15) is 31.7 Å². The first kappa shape index (κ1) is 17.4. The van der Waals surface area contributed by atoms with Gasteiger partial charge in [-0.3, -0.25) is 9.59 Å². The molecule has 0 saturated carbocycles. The number of hydrogen-bond donors (Lipinski definition) is 2. The molecule has 0 saturated heterocycles. The molecule has 1 aliphatic heterocycles. The molecular weight excluding hydrogens is 320 g/mol. The van der Waals surface area contributed by atoms with Gasteiger partial charge in [-0.2, -0.15) is 4.31 Å². The van der Waals surface area contributed by atoms with Crippen LogP contribution in [0.2, 0.25) is 0 Å². The highest BCUT2D eigenvalue weighted by Crippen LogP contribution is 2.26. The van der Waals surface area contributed by atoms with Gasteiger partial charge in [-0.15, -0.1) is 0 Å². The van der Waals surface area contributed by atoms with E-state index in [0.29, 0.717) is 31.4 Å². The lowest BCUT2D eigenvalue weighted by atomic mass is 10.1. The van der Waals surface area contributed by atoms with Gasteiger partial charge in [0.05, 0.1) is 4.90 Å². The number of carbonyl (C=O) groups excluding carboxylic acids is 1. The normalized spacial score (nSPS) is 15.0. The van der Waals surface area contributed by atoms with Gasteiger partial charge in [0.25, 0.3) is 0 Å². The number of carboxylic acids is 1. The fraction of sp³-hybridized carbons (Fsp3) is 0.467. The fourth-order valence-corrected chi connectivity index (χ4v) is 4.08. The summed E-state index contributed by atoms with van der Waals surface area (Å²) in [5, 5.41) is 11.7. The molecule has 8 heteroatoms. The number of nitrogens with zero attached hydrogens (tertiary/aromatic N) is 1. The number of nitrogens with one attached hydrogen (secondary N) is 1. The SMILES string of the molecule is CCCN(CC(=O)O)S(=O)(=O)c1ccc2c(c1)CCCC(=O)N2. The third kappa shape index (κ3) is 4.08. The number of benzene rings is 1. The Labute approximate surface area is 135 Å². The Bertz CT molecular complexity index is 715. The van der Waals surface area contributed by atoms with Gasteiger partial charge >= 0.3 is 5.97 Å². The summed E-state index contributed by atoms with van der Waals surface area (Å²) >= 11 is 0. The maximum atomic E-state index is 12.7. The molecule has 0 unspecified atom stereocenters. The quantitative estimate of drug-likeness (QED) is 0.815. The molecule has 126 valence electrons. The van der Waals surface area contributed by atoms with E-state index in [2.05, 4.69) is 5.32 Å². The van der Waals surface area contributed by atoms with Gasteiger partial charge in [0.1, 0.15) is 6.54 Å². The van der Waals surface area contributed by atoms with Crippen molar-refractivity contribution in [3.8, 4) is 0 Å². The number of sulfonamides is 1. The number of aliphatic carboxylic acids is 1. The minimum Gasteiger partial charge on any atom is -0.480 e. The van der Waals surface area contributed by atoms with Gasteiger partial charge in [0.15, 0.2) is 0 Å². The average Bonchev–Trinajstić information content (AvgIpc) is 2.66. The number of carboxylic acid groups (broad SMARTS) is 1. The molecule has 0 aliphatic carbocycles. The van der Waals surface area contributed by atoms with Gasteiger partial charge in [-0.05, 0) is 43.0 Å². The first-order chi connectivity index (χ1) is 10.8. The first-order valence-electron chi connectivity index (χ1n) is 7.49. The zero-order valence-corrected chi connectivity index (χ0v) is 13.7. The summed E-state index contributed by atoms with van der Waals surface area (Å²) in [7, 11) is -3.88. The van der Waals surface area contributed by atoms with E-state index in [0.717, 1.165) is 9.87 Å². The van der Waals surface area contributed by atoms with Gasteiger partial charge in [-0.1, -0.05) is 6.92 Å². The Hall–Kier alpha value is -1.93. The molecule has 0 bridgehead atoms. The van der Waals surface area contributed by atoms with Crippen molar-refractivity contribution in [2.24, 2.45) is 0 Å². The summed E-state index contributed by atoms with van der Waals surface area (Å²) in [6.07, 6.45) is 2.17. The van der Waals surface area contributed by atoms with E-state index >= 15 is 0 Å². The van der Waals surface area contributed by atoms with Crippen LogP contribution in [0.4, 0.5) is 5.69 Å². The van der Waals surface area contributed by atoms with Gasteiger partial charge in [0.2, 0.25) is 15.9 Å². The van der Waals surface area contributed by atoms with Crippen LogP contribution in [0, 0.1) is 0 Å². The predicted molar refractivity (Wildman–Crippen MR) is 84.7 cm³/mol. The third-order valence-corrected chi connectivity index (χ3v) is 5.46. The summed E-state index contributed by atoms with van der Waals surface area (Å²) in [5.74, 6) is -1.28. The van der Waals surface area contributed by atoms with Crippen LogP contribution < -0.4 is 5.32 Å². The van der Waals surface area contributed by atoms with Gasteiger partial charge in [0, 0.05) is 18.7 Å². The number of aryl methyl sites for hydroxylation is 1. The Balaban J connectivity index is 2.37. The molecule has 0 fully saturated rings. The number of amides is 1. The van der Waals surface area contributed by atoms with Crippen LogP contribution in [-0.2, 0) is 26.0 Å². The van der Waals surface area contributed by atoms with Gasteiger partial charge in [-0.25, -0.2) is 8.42 Å². The molecule has 1 aromatic rings. The highest BCUT2D eigenvalue weighted by atomic mass is 32.2. The van der Waals surface area contributed by atoms with Crippen molar-refractivity contribution in [2.75, 3.05) is 18.4 Å². The van der Waals surface area contributed by atoms with Crippen molar-refractivity contribution in [1.29, 1.82) is 0 Å². The van der Waals surface area contributed by atoms with Crippen molar-refractivity contribution in [2.45, 2.75) is 37.5 Å². The largest absolute Gasteiger partial charge is 0.480 e. The topological polar surface area (TPSA) is 104 Å².